The van der Waals surface area contributed by atoms with Gasteiger partial charge in [0.1, 0.15) is 6.04 Å². The maximum absolute atomic E-state index is 13.5. The third kappa shape index (κ3) is 6.37. The number of rotatable bonds is 9. The molecule has 2 saturated carbocycles. The smallest absolute Gasteiger partial charge is 0.264 e. The number of hydrogen-bond acceptors (Lipinski definition) is 5. The number of likely N-dealkylation sites (tertiary alicyclic amines) is 1. The van der Waals surface area contributed by atoms with E-state index in [-0.39, 0.29) is 17.9 Å². The Morgan fingerprint density at radius 1 is 1.15 bits per heavy atom. The van der Waals surface area contributed by atoms with Gasteiger partial charge in [0.25, 0.3) is 5.91 Å². The quantitative estimate of drug-likeness (QED) is 0.572. The summed E-state index contributed by atoms with van der Waals surface area (Å²) < 4.78 is 0. The molecule has 33 heavy (non-hydrogen) atoms. The number of amides is 2. The van der Waals surface area contributed by atoms with E-state index in [4.69, 9.17) is 5.73 Å². The van der Waals surface area contributed by atoms with Crippen molar-refractivity contribution in [2.75, 3.05) is 26.2 Å². The lowest BCUT2D eigenvalue weighted by Gasteiger charge is -2.43. The number of carbonyl (C=O) groups is 2. The van der Waals surface area contributed by atoms with Gasteiger partial charge in [-0.15, -0.1) is 11.3 Å². The minimum atomic E-state index is -0.388. The van der Waals surface area contributed by atoms with Crippen LogP contribution in [0.2, 0.25) is 0 Å². The average molecular weight is 475 g/mol. The van der Waals surface area contributed by atoms with Gasteiger partial charge >= 0.3 is 0 Å². The molecule has 2 amide bonds. The molecule has 4 atom stereocenters. The van der Waals surface area contributed by atoms with Gasteiger partial charge in [0, 0.05) is 31.7 Å². The van der Waals surface area contributed by atoms with E-state index in [0.29, 0.717) is 42.9 Å². The molecule has 2 aliphatic carbocycles. The van der Waals surface area contributed by atoms with E-state index in [0.717, 1.165) is 43.6 Å². The Balaban J connectivity index is 1.45. The van der Waals surface area contributed by atoms with Crippen molar-refractivity contribution < 1.29 is 9.59 Å². The molecule has 3 aliphatic rings. The molecule has 1 aromatic rings. The molecule has 0 aromatic carbocycles. The van der Waals surface area contributed by atoms with Crippen molar-refractivity contribution >= 4 is 23.2 Å². The van der Waals surface area contributed by atoms with Gasteiger partial charge < -0.3 is 16.0 Å². The summed E-state index contributed by atoms with van der Waals surface area (Å²) in [6.07, 6.45) is 8.89. The largest absolute Gasteiger partial charge is 0.354 e. The Morgan fingerprint density at radius 3 is 2.61 bits per heavy atom. The summed E-state index contributed by atoms with van der Waals surface area (Å²) in [5.41, 5.74) is 5.91. The van der Waals surface area contributed by atoms with E-state index in [1.165, 1.54) is 37.0 Å². The molecule has 3 N–H and O–H groups in total. The molecule has 2 heterocycles. The second kappa shape index (κ2) is 11.3. The molecule has 3 unspecified atom stereocenters. The summed E-state index contributed by atoms with van der Waals surface area (Å²) in [6.45, 7) is 7.72. The van der Waals surface area contributed by atoms with Crippen LogP contribution in [0.15, 0.2) is 17.5 Å². The molecule has 0 radical (unpaired) electrons. The molecule has 1 saturated heterocycles. The van der Waals surface area contributed by atoms with E-state index >= 15 is 0 Å². The van der Waals surface area contributed by atoms with E-state index in [1.807, 2.05) is 22.4 Å². The molecule has 4 rings (SSSR count). The van der Waals surface area contributed by atoms with Crippen molar-refractivity contribution in [2.24, 2.45) is 23.5 Å². The number of nitrogens with two attached hydrogens (primary N) is 1. The molecule has 184 valence electrons. The van der Waals surface area contributed by atoms with Gasteiger partial charge in [-0.3, -0.25) is 14.5 Å². The lowest BCUT2D eigenvalue weighted by molar-refractivity contribution is -0.128. The molecule has 1 aromatic heterocycles. The fraction of sp³-hybridized carbons (Fsp3) is 0.769. The SMILES string of the molecule is CC(C)CN(C1CC1)C1CCN(C(=O)c2cccs2)[C@@H](C(=O)NCC2CCCC(CN)C2)C1. The number of carbonyl (C=O) groups excluding carboxylic acids is 2. The van der Waals surface area contributed by atoms with Crippen molar-refractivity contribution in [3.05, 3.63) is 22.4 Å². The van der Waals surface area contributed by atoms with Crippen molar-refractivity contribution in [1.82, 2.24) is 15.1 Å². The second-order valence-corrected chi connectivity index (χ2v) is 11.8. The predicted molar refractivity (Wildman–Crippen MR) is 134 cm³/mol. The van der Waals surface area contributed by atoms with Crippen LogP contribution in [0.1, 0.15) is 74.9 Å². The standard InChI is InChI=1S/C26H42N4O2S/c1-18(2)17-30(21-8-9-21)22-10-11-29(26(32)24-7-4-12-33-24)23(14-22)25(31)28-16-20-6-3-5-19(13-20)15-27/h4,7,12,18-23H,3,5-6,8-11,13-17,27H2,1-2H3,(H,28,31)/t19?,20?,22?,23-/m1/s1. The molecule has 7 heteroatoms. The first kappa shape index (κ1) is 24.7. The van der Waals surface area contributed by atoms with E-state index in [1.54, 1.807) is 0 Å². The molecular formula is C26H42N4O2S. The van der Waals surface area contributed by atoms with Gasteiger partial charge in [0.2, 0.25) is 5.91 Å². The van der Waals surface area contributed by atoms with Gasteiger partial charge in [-0.05, 0) is 80.7 Å². The predicted octanol–water partition coefficient (Wildman–Crippen LogP) is 3.72. The van der Waals surface area contributed by atoms with E-state index < -0.39 is 0 Å². The van der Waals surface area contributed by atoms with Crippen LogP contribution in [-0.4, -0.2) is 65.9 Å². The molecule has 6 nitrogen and oxygen atoms in total. The van der Waals surface area contributed by atoms with Crippen molar-refractivity contribution in [2.45, 2.75) is 83.3 Å². The number of piperidine rings is 1. The highest BCUT2D eigenvalue weighted by atomic mass is 32.1. The van der Waals surface area contributed by atoms with Crippen LogP contribution in [0.3, 0.4) is 0 Å². The summed E-state index contributed by atoms with van der Waals surface area (Å²) in [5.74, 6) is 1.72. The van der Waals surface area contributed by atoms with Gasteiger partial charge in [-0.1, -0.05) is 26.3 Å². The highest BCUT2D eigenvalue weighted by Crippen LogP contribution is 2.35. The Hall–Kier alpha value is -1.44. The third-order valence-electron chi connectivity index (χ3n) is 7.72. The maximum Gasteiger partial charge on any atom is 0.264 e. The first-order valence-corrected chi connectivity index (χ1v) is 13.9. The summed E-state index contributed by atoms with van der Waals surface area (Å²) in [4.78, 5) is 32.0. The van der Waals surface area contributed by atoms with Crippen LogP contribution in [0.5, 0.6) is 0 Å². The van der Waals surface area contributed by atoms with Crippen LogP contribution in [0, 0.1) is 17.8 Å². The Kier molecular flexibility index (Phi) is 8.47. The Morgan fingerprint density at radius 2 is 1.94 bits per heavy atom. The minimum Gasteiger partial charge on any atom is -0.354 e. The van der Waals surface area contributed by atoms with Crippen LogP contribution < -0.4 is 11.1 Å². The summed E-state index contributed by atoms with van der Waals surface area (Å²) in [7, 11) is 0. The van der Waals surface area contributed by atoms with Crippen LogP contribution in [-0.2, 0) is 4.79 Å². The lowest BCUT2D eigenvalue weighted by atomic mass is 9.81. The number of thiophene rings is 1. The number of nitrogens with one attached hydrogen (secondary N) is 1. The van der Waals surface area contributed by atoms with E-state index in [2.05, 4.69) is 24.1 Å². The Bertz CT molecular complexity index is 779. The highest BCUT2D eigenvalue weighted by Gasteiger charge is 2.42. The van der Waals surface area contributed by atoms with Gasteiger partial charge in [0.05, 0.1) is 4.88 Å². The summed E-state index contributed by atoms with van der Waals surface area (Å²) in [6, 6.07) is 4.43. The van der Waals surface area contributed by atoms with Gasteiger partial charge in [-0.2, -0.15) is 0 Å². The average Bonchev–Trinajstić information content (AvgIpc) is 3.52. The lowest BCUT2D eigenvalue weighted by Crippen LogP contribution is -2.58. The van der Waals surface area contributed by atoms with Crippen LogP contribution in [0.4, 0.5) is 0 Å². The topological polar surface area (TPSA) is 78.7 Å². The van der Waals surface area contributed by atoms with Crippen molar-refractivity contribution in [3.63, 3.8) is 0 Å². The normalized spacial score (nSPS) is 28.3. The zero-order valence-electron chi connectivity index (χ0n) is 20.4. The molecular weight excluding hydrogens is 432 g/mol. The van der Waals surface area contributed by atoms with E-state index in [9.17, 15) is 9.59 Å². The number of hydrogen-bond donors (Lipinski definition) is 2. The van der Waals surface area contributed by atoms with Crippen molar-refractivity contribution in [1.29, 1.82) is 0 Å². The zero-order chi connectivity index (χ0) is 23.4. The zero-order valence-corrected chi connectivity index (χ0v) is 21.2. The third-order valence-corrected chi connectivity index (χ3v) is 8.58. The maximum atomic E-state index is 13.5. The summed E-state index contributed by atoms with van der Waals surface area (Å²) >= 11 is 1.46. The van der Waals surface area contributed by atoms with Crippen LogP contribution in [0.25, 0.3) is 0 Å². The van der Waals surface area contributed by atoms with Gasteiger partial charge in [0.15, 0.2) is 0 Å². The van der Waals surface area contributed by atoms with Crippen LogP contribution >= 0.6 is 11.3 Å². The molecule has 3 fully saturated rings. The Labute approximate surface area is 203 Å². The van der Waals surface area contributed by atoms with Gasteiger partial charge in [-0.25, -0.2) is 0 Å². The summed E-state index contributed by atoms with van der Waals surface area (Å²) in [5, 5.41) is 5.19. The van der Waals surface area contributed by atoms with Crippen molar-refractivity contribution in [3.8, 4) is 0 Å². The number of nitrogens with zero attached hydrogens (tertiary/aromatic N) is 2. The fourth-order valence-corrected chi connectivity index (χ4v) is 6.55. The molecule has 0 spiro atoms. The second-order valence-electron chi connectivity index (χ2n) is 10.9. The highest BCUT2D eigenvalue weighted by molar-refractivity contribution is 7.12. The molecule has 0 bridgehead atoms. The fourth-order valence-electron chi connectivity index (χ4n) is 5.87. The molecule has 1 aliphatic heterocycles. The minimum absolute atomic E-state index is 0.00583. The monoisotopic (exact) mass is 474 g/mol. The first-order chi connectivity index (χ1) is 16.0. The first-order valence-electron chi connectivity index (χ1n) is 13.0.